The number of ether oxygens (including phenoxy) is 2. The number of hydrogen-bond acceptors (Lipinski definition) is 7. The van der Waals surface area contributed by atoms with Crippen LogP contribution >= 0.6 is 35.0 Å². The Morgan fingerprint density at radius 3 is 2.47 bits per heavy atom. The van der Waals surface area contributed by atoms with E-state index in [2.05, 4.69) is 10.2 Å². The number of rotatable bonds is 8. The number of imide groups is 1. The monoisotopic (exact) mass is 495 g/mol. The van der Waals surface area contributed by atoms with Gasteiger partial charge in [-0.05, 0) is 36.4 Å². The molecule has 0 bridgehead atoms. The summed E-state index contributed by atoms with van der Waals surface area (Å²) in [5.41, 5.74) is 6.26. The summed E-state index contributed by atoms with van der Waals surface area (Å²) in [6.07, 6.45) is 0.0552. The summed E-state index contributed by atoms with van der Waals surface area (Å²) in [5.74, 6) is 1.38. The highest BCUT2D eigenvalue weighted by molar-refractivity contribution is 7.99. The third-order valence-corrected chi connectivity index (χ3v) is 5.71. The van der Waals surface area contributed by atoms with Gasteiger partial charge < -0.3 is 15.2 Å². The molecule has 0 aliphatic carbocycles. The number of hydrogen-bond donors (Lipinski definition) is 2. The van der Waals surface area contributed by atoms with E-state index in [0.717, 1.165) is 0 Å². The molecule has 3 aromatic rings. The van der Waals surface area contributed by atoms with Crippen molar-refractivity contribution in [3.05, 3.63) is 46.4 Å². The number of aromatic nitrogens is 3. The largest absolute Gasteiger partial charge is 0.496 e. The minimum Gasteiger partial charge on any atom is -0.496 e. The fraction of sp³-hybridized carbons (Fsp3) is 0.200. The van der Waals surface area contributed by atoms with Crippen molar-refractivity contribution in [1.29, 1.82) is 0 Å². The Bertz CT molecular complexity index is 1160. The summed E-state index contributed by atoms with van der Waals surface area (Å²) >= 11 is 13.8. The number of primary amides is 1. The van der Waals surface area contributed by atoms with Crippen LogP contribution in [0.25, 0.3) is 17.1 Å². The minimum atomic E-state index is -0.897. The van der Waals surface area contributed by atoms with E-state index >= 15 is 0 Å². The van der Waals surface area contributed by atoms with Crippen LogP contribution in [0, 0.1) is 0 Å². The van der Waals surface area contributed by atoms with Gasteiger partial charge in [-0.1, -0.05) is 35.0 Å². The first-order chi connectivity index (χ1) is 15.3. The number of carbonyl (C=O) groups excluding carboxylic acids is 2. The number of thioether (sulfide) groups is 1. The van der Waals surface area contributed by atoms with Gasteiger partial charge in [0, 0.05) is 17.2 Å². The van der Waals surface area contributed by atoms with Gasteiger partial charge in [0.1, 0.15) is 11.5 Å². The standard InChI is InChI=1S/C20H19Cl2N5O4S/c1-30-15-5-3-11(21)9-13(15)18-25-26-20(32-8-7-17(28)24-19(23)29)27(18)12-4-6-16(31-2)14(22)10-12/h3-6,9-10H,7-8H2,1-2H3,(H3,23,24,28,29). The van der Waals surface area contributed by atoms with Crippen LogP contribution in [0.5, 0.6) is 11.5 Å². The van der Waals surface area contributed by atoms with Gasteiger partial charge in [0.15, 0.2) is 11.0 Å². The molecule has 1 heterocycles. The van der Waals surface area contributed by atoms with E-state index in [4.69, 9.17) is 38.4 Å². The number of methoxy groups -OCH3 is 2. The fourth-order valence-electron chi connectivity index (χ4n) is 2.85. The lowest BCUT2D eigenvalue weighted by molar-refractivity contribution is -0.119. The molecule has 0 aliphatic rings. The Kier molecular flexibility index (Phi) is 7.84. The molecule has 3 amide bonds. The Morgan fingerprint density at radius 2 is 1.81 bits per heavy atom. The predicted molar refractivity (Wildman–Crippen MR) is 123 cm³/mol. The van der Waals surface area contributed by atoms with Crippen LogP contribution in [-0.2, 0) is 4.79 Å². The van der Waals surface area contributed by atoms with E-state index in [1.165, 1.54) is 18.9 Å². The zero-order chi connectivity index (χ0) is 23.3. The molecular formula is C20H19Cl2N5O4S. The average Bonchev–Trinajstić information content (AvgIpc) is 3.16. The lowest BCUT2D eigenvalue weighted by atomic mass is 10.2. The lowest BCUT2D eigenvalue weighted by Crippen LogP contribution is -2.35. The molecule has 1 aromatic heterocycles. The molecule has 3 rings (SSSR count). The van der Waals surface area contributed by atoms with E-state index in [1.807, 2.05) is 5.32 Å². The molecular weight excluding hydrogens is 477 g/mol. The summed E-state index contributed by atoms with van der Waals surface area (Å²) in [5, 5.41) is 12.0. The van der Waals surface area contributed by atoms with Gasteiger partial charge in [0.05, 0.1) is 30.5 Å². The van der Waals surface area contributed by atoms with Crippen molar-refractivity contribution >= 4 is 46.9 Å². The quantitative estimate of drug-likeness (QED) is 0.453. The molecule has 0 spiro atoms. The maximum Gasteiger partial charge on any atom is 0.318 e. The van der Waals surface area contributed by atoms with Crippen LogP contribution in [-0.4, -0.2) is 46.7 Å². The van der Waals surface area contributed by atoms with Gasteiger partial charge in [-0.3, -0.25) is 14.7 Å². The Morgan fingerprint density at radius 1 is 1.09 bits per heavy atom. The molecule has 2 aromatic carbocycles. The van der Waals surface area contributed by atoms with Crippen LogP contribution < -0.4 is 20.5 Å². The highest BCUT2D eigenvalue weighted by atomic mass is 35.5. The molecule has 32 heavy (non-hydrogen) atoms. The first-order valence-electron chi connectivity index (χ1n) is 9.19. The van der Waals surface area contributed by atoms with Crippen molar-refractivity contribution < 1.29 is 19.1 Å². The summed E-state index contributed by atoms with van der Waals surface area (Å²) in [6, 6.07) is 9.52. The van der Waals surface area contributed by atoms with Crippen molar-refractivity contribution in [2.45, 2.75) is 11.6 Å². The summed E-state index contributed by atoms with van der Waals surface area (Å²) in [7, 11) is 3.07. The van der Waals surface area contributed by atoms with Crippen LogP contribution in [0.2, 0.25) is 10.0 Å². The highest BCUT2D eigenvalue weighted by Gasteiger charge is 2.21. The SMILES string of the molecule is COc1ccc(-n2c(SCCC(=O)NC(N)=O)nnc2-c2cc(Cl)ccc2OC)cc1Cl. The Balaban J connectivity index is 2.03. The van der Waals surface area contributed by atoms with E-state index < -0.39 is 11.9 Å². The smallest absolute Gasteiger partial charge is 0.318 e. The Labute approximate surface area is 198 Å². The average molecular weight is 496 g/mol. The molecule has 168 valence electrons. The van der Waals surface area contributed by atoms with E-state index in [-0.39, 0.29) is 6.42 Å². The van der Waals surface area contributed by atoms with Crippen LogP contribution in [0.4, 0.5) is 4.79 Å². The van der Waals surface area contributed by atoms with Gasteiger partial charge in [0.2, 0.25) is 5.91 Å². The zero-order valence-electron chi connectivity index (χ0n) is 17.1. The molecule has 12 heteroatoms. The van der Waals surface area contributed by atoms with Crippen molar-refractivity contribution in [3.63, 3.8) is 0 Å². The van der Waals surface area contributed by atoms with Gasteiger partial charge >= 0.3 is 6.03 Å². The number of nitrogens with zero attached hydrogens (tertiary/aromatic N) is 3. The molecule has 0 radical (unpaired) electrons. The molecule has 3 N–H and O–H groups in total. The third kappa shape index (κ3) is 5.45. The van der Waals surface area contributed by atoms with Gasteiger partial charge in [-0.2, -0.15) is 0 Å². The first kappa shape index (κ1) is 23.7. The molecule has 0 atom stereocenters. The maximum absolute atomic E-state index is 11.7. The normalized spacial score (nSPS) is 10.6. The van der Waals surface area contributed by atoms with Gasteiger partial charge in [-0.25, -0.2) is 4.79 Å². The maximum atomic E-state index is 11.7. The number of nitrogens with one attached hydrogen (secondary N) is 1. The Hall–Kier alpha value is -2.95. The molecule has 0 unspecified atom stereocenters. The lowest BCUT2D eigenvalue weighted by Gasteiger charge is -2.14. The fourth-order valence-corrected chi connectivity index (χ4v) is 4.17. The van der Waals surface area contributed by atoms with Crippen molar-refractivity contribution in [2.75, 3.05) is 20.0 Å². The molecule has 0 fully saturated rings. The summed E-state index contributed by atoms with van der Waals surface area (Å²) in [4.78, 5) is 22.6. The van der Waals surface area contributed by atoms with Crippen molar-refractivity contribution in [1.82, 2.24) is 20.1 Å². The second kappa shape index (κ2) is 10.6. The van der Waals surface area contributed by atoms with Crippen LogP contribution in [0.1, 0.15) is 6.42 Å². The number of urea groups is 1. The number of nitrogens with two attached hydrogens (primary N) is 1. The zero-order valence-corrected chi connectivity index (χ0v) is 19.4. The van der Waals surface area contributed by atoms with Crippen LogP contribution in [0.15, 0.2) is 41.6 Å². The van der Waals surface area contributed by atoms with E-state index in [0.29, 0.717) is 49.5 Å². The van der Waals surface area contributed by atoms with Crippen molar-refractivity contribution in [2.24, 2.45) is 5.73 Å². The third-order valence-electron chi connectivity index (χ3n) is 4.25. The molecule has 0 aliphatic heterocycles. The molecule has 0 saturated heterocycles. The second-order valence-corrected chi connectivity index (χ2v) is 8.22. The highest BCUT2D eigenvalue weighted by Crippen LogP contribution is 2.36. The predicted octanol–water partition coefficient (Wildman–Crippen LogP) is 3.94. The molecule has 0 saturated carbocycles. The first-order valence-corrected chi connectivity index (χ1v) is 10.9. The molecule has 9 nitrogen and oxygen atoms in total. The van der Waals surface area contributed by atoms with Crippen molar-refractivity contribution in [3.8, 4) is 28.6 Å². The van der Waals surface area contributed by atoms with Gasteiger partial charge in [0.25, 0.3) is 0 Å². The van der Waals surface area contributed by atoms with Gasteiger partial charge in [-0.15, -0.1) is 10.2 Å². The summed E-state index contributed by atoms with van der Waals surface area (Å²) in [6.45, 7) is 0. The van der Waals surface area contributed by atoms with Crippen LogP contribution in [0.3, 0.4) is 0 Å². The topological polar surface area (TPSA) is 121 Å². The number of amides is 3. The summed E-state index contributed by atoms with van der Waals surface area (Å²) < 4.78 is 12.5. The number of carbonyl (C=O) groups is 2. The minimum absolute atomic E-state index is 0.0552. The number of benzene rings is 2. The van der Waals surface area contributed by atoms with E-state index in [1.54, 1.807) is 48.1 Å². The second-order valence-electron chi connectivity index (χ2n) is 6.32. The van der Waals surface area contributed by atoms with E-state index in [9.17, 15) is 9.59 Å². The number of halogens is 2.